The van der Waals surface area contributed by atoms with Crippen LogP contribution in [0.5, 0.6) is 0 Å². The zero-order valence-corrected chi connectivity index (χ0v) is 17.3. The van der Waals surface area contributed by atoms with Crippen LogP contribution in [0.2, 0.25) is 0 Å². The molecule has 3 heterocycles. The highest BCUT2D eigenvalue weighted by molar-refractivity contribution is 5.78. The number of piperidine rings is 1. The normalized spacial score (nSPS) is 19.2. The lowest BCUT2D eigenvalue weighted by Gasteiger charge is -2.31. The molecule has 1 aliphatic heterocycles. The van der Waals surface area contributed by atoms with Gasteiger partial charge in [0.25, 0.3) is 0 Å². The standard InChI is InChI=1S/C25H28N4O/c1-18-11-12-22(30-18)17-29-24-10-6-5-9-23(24)28-25(29)27-20-13-14-26-21(16-20)15-19-7-3-2-4-8-19/h2-12,20-21,26H,13-17H2,1H3,(H,27,28). The Bertz CT molecular complexity index is 1110. The van der Waals surface area contributed by atoms with Crippen LogP contribution in [0, 0.1) is 6.92 Å². The Balaban J connectivity index is 1.36. The summed E-state index contributed by atoms with van der Waals surface area (Å²) in [5, 5.41) is 7.44. The fraction of sp³-hybridized carbons (Fsp3) is 0.320. The van der Waals surface area contributed by atoms with Gasteiger partial charge in [-0.25, -0.2) is 4.98 Å². The quantitative estimate of drug-likeness (QED) is 0.490. The summed E-state index contributed by atoms with van der Waals surface area (Å²) in [7, 11) is 0. The minimum atomic E-state index is 0.397. The summed E-state index contributed by atoms with van der Waals surface area (Å²) in [5.74, 6) is 2.81. The molecule has 0 saturated carbocycles. The average Bonchev–Trinajstić information content (AvgIpc) is 3.33. The van der Waals surface area contributed by atoms with E-state index < -0.39 is 0 Å². The Morgan fingerprint density at radius 3 is 2.73 bits per heavy atom. The van der Waals surface area contributed by atoms with Gasteiger partial charge in [-0.1, -0.05) is 42.5 Å². The van der Waals surface area contributed by atoms with Gasteiger partial charge in [-0.3, -0.25) is 0 Å². The van der Waals surface area contributed by atoms with Crippen LogP contribution in [0.15, 0.2) is 71.1 Å². The van der Waals surface area contributed by atoms with E-state index in [-0.39, 0.29) is 0 Å². The lowest BCUT2D eigenvalue weighted by Crippen LogP contribution is -2.44. The predicted octanol–water partition coefficient (Wildman–Crippen LogP) is 4.76. The number of furan rings is 1. The van der Waals surface area contributed by atoms with Gasteiger partial charge in [-0.05, 0) is 62.6 Å². The molecule has 1 fully saturated rings. The van der Waals surface area contributed by atoms with E-state index in [9.17, 15) is 0 Å². The Labute approximate surface area is 177 Å². The van der Waals surface area contributed by atoms with Crippen LogP contribution < -0.4 is 10.6 Å². The molecular formula is C25H28N4O. The molecule has 30 heavy (non-hydrogen) atoms. The van der Waals surface area contributed by atoms with Gasteiger partial charge in [0, 0.05) is 12.1 Å². The molecule has 5 nitrogen and oxygen atoms in total. The molecule has 4 aromatic rings. The molecule has 5 heteroatoms. The number of hydrogen-bond acceptors (Lipinski definition) is 4. The number of anilines is 1. The first-order valence-corrected chi connectivity index (χ1v) is 10.8. The molecule has 2 aromatic heterocycles. The van der Waals surface area contributed by atoms with Crippen LogP contribution in [0.3, 0.4) is 0 Å². The van der Waals surface area contributed by atoms with Gasteiger partial charge in [0.2, 0.25) is 5.95 Å². The van der Waals surface area contributed by atoms with E-state index in [4.69, 9.17) is 9.40 Å². The van der Waals surface area contributed by atoms with Crippen molar-refractivity contribution >= 4 is 17.0 Å². The van der Waals surface area contributed by atoms with Crippen LogP contribution in [-0.4, -0.2) is 28.2 Å². The van der Waals surface area contributed by atoms with Gasteiger partial charge in [-0.2, -0.15) is 0 Å². The molecule has 5 rings (SSSR count). The smallest absolute Gasteiger partial charge is 0.204 e. The number of nitrogens with zero attached hydrogens (tertiary/aromatic N) is 2. The number of aromatic nitrogens is 2. The van der Waals surface area contributed by atoms with Crippen LogP contribution in [0.1, 0.15) is 29.9 Å². The monoisotopic (exact) mass is 400 g/mol. The van der Waals surface area contributed by atoms with E-state index in [0.717, 1.165) is 54.3 Å². The van der Waals surface area contributed by atoms with Crippen molar-refractivity contribution in [1.29, 1.82) is 0 Å². The van der Waals surface area contributed by atoms with Crippen molar-refractivity contribution in [3.8, 4) is 0 Å². The Morgan fingerprint density at radius 2 is 1.90 bits per heavy atom. The minimum absolute atomic E-state index is 0.397. The molecule has 2 N–H and O–H groups in total. The van der Waals surface area contributed by atoms with Gasteiger partial charge in [0.1, 0.15) is 11.5 Å². The van der Waals surface area contributed by atoms with Crippen LogP contribution in [-0.2, 0) is 13.0 Å². The number of rotatable bonds is 6. The molecule has 0 radical (unpaired) electrons. The summed E-state index contributed by atoms with van der Waals surface area (Å²) >= 11 is 0. The highest BCUT2D eigenvalue weighted by Gasteiger charge is 2.23. The van der Waals surface area contributed by atoms with Crippen molar-refractivity contribution in [2.75, 3.05) is 11.9 Å². The zero-order valence-electron chi connectivity index (χ0n) is 17.3. The van der Waals surface area contributed by atoms with E-state index in [2.05, 4.69) is 63.7 Å². The minimum Gasteiger partial charge on any atom is -0.464 e. The first kappa shape index (κ1) is 18.9. The van der Waals surface area contributed by atoms with Crippen molar-refractivity contribution in [3.63, 3.8) is 0 Å². The van der Waals surface area contributed by atoms with Gasteiger partial charge in [0.05, 0.1) is 17.6 Å². The van der Waals surface area contributed by atoms with Crippen molar-refractivity contribution < 1.29 is 4.42 Å². The van der Waals surface area contributed by atoms with E-state index in [1.165, 1.54) is 5.56 Å². The highest BCUT2D eigenvalue weighted by Crippen LogP contribution is 2.24. The molecular weight excluding hydrogens is 372 g/mol. The summed E-state index contributed by atoms with van der Waals surface area (Å²) < 4.78 is 8.09. The molecule has 0 amide bonds. The van der Waals surface area contributed by atoms with Gasteiger partial charge in [0.15, 0.2) is 0 Å². The number of aryl methyl sites for hydroxylation is 1. The second-order valence-electron chi connectivity index (χ2n) is 8.23. The summed E-state index contributed by atoms with van der Waals surface area (Å²) in [5.41, 5.74) is 3.53. The van der Waals surface area contributed by atoms with Gasteiger partial charge < -0.3 is 19.6 Å². The van der Waals surface area contributed by atoms with Crippen LogP contribution >= 0.6 is 0 Å². The van der Waals surface area contributed by atoms with E-state index >= 15 is 0 Å². The predicted molar refractivity (Wildman–Crippen MR) is 121 cm³/mol. The lowest BCUT2D eigenvalue weighted by atomic mass is 9.94. The van der Waals surface area contributed by atoms with E-state index in [1.54, 1.807) is 0 Å². The number of fused-ring (bicyclic) bond motifs is 1. The second kappa shape index (κ2) is 8.36. The number of benzene rings is 2. The fourth-order valence-corrected chi connectivity index (χ4v) is 4.45. The van der Waals surface area contributed by atoms with Crippen molar-refractivity contribution in [1.82, 2.24) is 14.9 Å². The van der Waals surface area contributed by atoms with Gasteiger partial charge in [-0.15, -0.1) is 0 Å². The third-order valence-corrected chi connectivity index (χ3v) is 5.92. The SMILES string of the molecule is Cc1ccc(Cn2c(NC3CCNC(Cc4ccccc4)C3)nc3ccccc32)o1. The third-order valence-electron chi connectivity index (χ3n) is 5.92. The second-order valence-corrected chi connectivity index (χ2v) is 8.23. The number of hydrogen-bond donors (Lipinski definition) is 2. The molecule has 154 valence electrons. The molecule has 2 atom stereocenters. The molecule has 0 spiro atoms. The average molecular weight is 401 g/mol. The summed E-state index contributed by atoms with van der Waals surface area (Å²) in [4.78, 5) is 4.91. The summed E-state index contributed by atoms with van der Waals surface area (Å²) in [6.07, 6.45) is 3.23. The Kier molecular flexibility index (Phi) is 5.28. The van der Waals surface area contributed by atoms with Crippen LogP contribution in [0.4, 0.5) is 5.95 Å². The number of imidazole rings is 1. The van der Waals surface area contributed by atoms with Crippen molar-refractivity contribution in [2.45, 2.75) is 44.8 Å². The highest BCUT2D eigenvalue weighted by atomic mass is 16.3. The first-order valence-electron chi connectivity index (χ1n) is 10.8. The number of para-hydroxylation sites is 2. The summed E-state index contributed by atoms with van der Waals surface area (Å²) in [6.45, 7) is 3.68. The topological polar surface area (TPSA) is 55.0 Å². The lowest BCUT2D eigenvalue weighted by molar-refractivity contribution is 0.372. The Morgan fingerprint density at radius 1 is 1.07 bits per heavy atom. The van der Waals surface area contributed by atoms with Crippen LogP contribution in [0.25, 0.3) is 11.0 Å². The molecule has 2 aromatic carbocycles. The largest absolute Gasteiger partial charge is 0.464 e. The van der Waals surface area contributed by atoms with E-state index in [1.807, 2.05) is 25.1 Å². The van der Waals surface area contributed by atoms with E-state index in [0.29, 0.717) is 18.6 Å². The van der Waals surface area contributed by atoms with Crippen molar-refractivity contribution in [2.24, 2.45) is 0 Å². The maximum Gasteiger partial charge on any atom is 0.204 e. The fourth-order valence-electron chi connectivity index (χ4n) is 4.45. The third kappa shape index (κ3) is 4.12. The Hall–Kier alpha value is -3.05. The first-order chi connectivity index (χ1) is 14.7. The molecule has 0 aliphatic carbocycles. The zero-order chi connectivity index (χ0) is 20.3. The maximum absolute atomic E-state index is 5.85. The number of nitrogens with one attached hydrogen (secondary N) is 2. The molecule has 0 bridgehead atoms. The van der Waals surface area contributed by atoms with Gasteiger partial charge >= 0.3 is 0 Å². The molecule has 2 unspecified atom stereocenters. The maximum atomic E-state index is 5.85. The summed E-state index contributed by atoms with van der Waals surface area (Å²) in [6, 6.07) is 24.0. The molecule has 1 saturated heterocycles. The van der Waals surface area contributed by atoms with Crippen molar-refractivity contribution in [3.05, 3.63) is 83.8 Å². The molecule has 1 aliphatic rings.